The van der Waals surface area contributed by atoms with Crippen molar-refractivity contribution in [2.24, 2.45) is 0 Å². The summed E-state index contributed by atoms with van der Waals surface area (Å²) in [6.07, 6.45) is 4.23. The summed E-state index contributed by atoms with van der Waals surface area (Å²) in [7, 11) is -2.55. The van der Waals surface area contributed by atoms with E-state index in [0.29, 0.717) is 10.2 Å². The standard InChI is InChI=1S/C11H9BrClN3O3S/c1-19-11-10(3-8(13)5-15-11)20(17,18)16-9-2-7(12)4-14-6-9/h2-6,16H,1H3. The second kappa shape index (κ2) is 5.94. The molecule has 0 aromatic carbocycles. The quantitative estimate of drug-likeness (QED) is 0.884. The first kappa shape index (κ1) is 15.0. The van der Waals surface area contributed by atoms with Crippen molar-refractivity contribution in [3.8, 4) is 5.88 Å². The summed E-state index contributed by atoms with van der Waals surface area (Å²) in [5, 5.41) is 0.193. The Bertz CT molecular complexity index is 739. The van der Waals surface area contributed by atoms with Crippen LogP contribution >= 0.6 is 27.5 Å². The van der Waals surface area contributed by atoms with Gasteiger partial charge in [-0.25, -0.2) is 13.4 Å². The van der Waals surface area contributed by atoms with Crippen LogP contribution < -0.4 is 9.46 Å². The molecule has 106 valence electrons. The van der Waals surface area contributed by atoms with Crippen LogP contribution in [0.25, 0.3) is 0 Å². The van der Waals surface area contributed by atoms with Gasteiger partial charge in [0.05, 0.1) is 24.0 Å². The molecule has 0 saturated carbocycles. The molecule has 0 bridgehead atoms. The van der Waals surface area contributed by atoms with Crippen LogP contribution in [0.15, 0.2) is 40.1 Å². The summed E-state index contributed by atoms with van der Waals surface area (Å²) in [4.78, 5) is 7.55. The number of nitrogens with one attached hydrogen (secondary N) is 1. The Hall–Kier alpha value is -1.38. The summed E-state index contributed by atoms with van der Waals surface area (Å²) in [5.74, 6) is -0.0372. The molecule has 2 aromatic heterocycles. The smallest absolute Gasteiger partial charge is 0.267 e. The Morgan fingerprint density at radius 1 is 1.30 bits per heavy atom. The average Bonchev–Trinajstić information content (AvgIpc) is 2.38. The molecule has 20 heavy (non-hydrogen) atoms. The molecule has 2 aromatic rings. The van der Waals surface area contributed by atoms with E-state index in [0.717, 1.165) is 0 Å². The molecular formula is C11H9BrClN3O3S. The fraction of sp³-hybridized carbons (Fsp3) is 0.0909. The van der Waals surface area contributed by atoms with E-state index in [9.17, 15) is 8.42 Å². The molecule has 0 unspecified atom stereocenters. The monoisotopic (exact) mass is 377 g/mol. The average molecular weight is 379 g/mol. The molecular weight excluding hydrogens is 370 g/mol. The minimum atomic E-state index is -3.88. The normalized spacial score (nSPS) is 11.2. The molecule has 2 rings (SSSR count). The highest BCUT2D eigenvalue weighted by molar-refractivity contribution is 9.10. The summed E-state index contributed by atoms with van der Waals surface area (Å²) in [5.41, 5.74) is 0.307. The number of methoxy groups -OCH3 is 1. The predicted molar refractivity (Wildman–Crippen MR) is 78.5 cm³/mol. The van der Waals surface area contributed by atoms with E-state index < -0.39 is 10.0 Å². The van der Waals surface area contributed by atoms with Crippen molar-refractivity contribution in [1.29, 1.82) is 0 Å². The lowest BCUT2D eigenvalue weighted by Crippen LogP contribution is -2.14. The third-order valence-electron chi connectivity index (χ3n) is 2.22. The molecule has 0 aliphatic carbocycles. The molecule has 0 aliphatic heterocycles. The van der Waals surface area contributed by atoms with E-state index >= 15 is 0 Å². The maximum Gasteiger partial charge on any atom is 0.267 e. The summed E-state index contributed by atoms with van der Waals surface area (Å²) < 4.78 is 32.6. The van der Waals surface area contributed by atoms with Crippen molar-refractivity contribution >= 4 is 43.2 Å². The molecule has 6 nitrogen and oxygen atoms in total. The second-order valence-electron chi connectivity index (χ2n) is 3.66. The van der Waals surface area contributed by atoms with Gasteiger partial charge < -0.3 is 4.74 Å². The van der Waals surface area contributed by atoms with Crippen LogP contribution in [0.1, 0.15) is 0 Å². The van der Waals surface area contributed by atoms with Gasteiger partial charge in [-0.1, -0.05) is 11.6 Å². The van der Waals surface area contributed by atoms with Crippen molar-refractivity contribution in [3.05, 3.63) is 40.2 Å². The van der Waals surface area contributed by atoms with Crippen LogP contribution in [0.3, 0.4) is 0 Å². The van der Waals surface area contributed by atoms with E-state index in [4.69, 9.17) is 16.3 Å². The molecule has 2 heterocycles. The molecule has 1 N–H and O–H groups in total. The molecule has 0 amide bonds. The van der Waals surface area contributed by atoms with Crippen LogP contribution in [0.5, 0.6) is 5.88 Å². The molecule has 0 radical (unpaired) electrons. The van der Waals surface area contributed by atoms with Crippen LogP contribution in [0, 0.1) is 0 Å². The number of ether oxygens (including phenoxy) is 1. The van der Waals surface area contributed by atoms with Gasteiger partial charge in [-0.05, 0) is 28.1 Å². The zero-order valence-electron chi connectivity index (χ0n) is 10.2. The highest BCUT2D eigenvalue weighted by Crippen LogP contribution is 2.26. The Kier molecular flexibility index (Phi) is 4.46. The first-order chi connectivity index (χ1) is 9.42. The van der Waals surface area contributed by atoms with Crippen molar-refractivity contribution in [2.75, 3.05) is 11.8 Å². The lowest BCUT2D eigenvalue weighted by Gasteiger charge is -2.10. The van der Waals surface area contributed by atoms with Crippen molar-refractivity contribution in [1.82, 2.24) is 9.97 Å². The third kappa shape index (κ3) is 3.38. The summed E-state index contributed by atoms with van der Waals surface area (Å²) >= 11 is 8.99. The van der Waals surface area contributed by atoms with Gasteiger partial charge in [0.2, 0.25) is 5.88 Å². The van der Waals surface area contributed by atoms with E-state index in [1.807, 2.05) is 0 Å². The number of pyridine rings is 2. The number of aromatic nitrogens is 2. The Labute approximate surface area is 129 Å². The minimum absolute atomic E-state index is 0.0372. The lowest BCUT2D eigenvalue weighted by atomic mass is 10.4. The van der Waals surface area contributed by atoms with Gasteiger partial charge in [0, 0.05) is 16.9 Å². The van der Waals surface area contributed by atoms with E-state index in [-0.39, 0.29) is 15.8 Å². The zero-order valence-corrected chi connectivity index (χ0v) is 13.3. The molecule has 0 saturated heterocycles. The molecule has 0 fully saturated rings. The Balaban J connectivity index is 2.43. The van der Waals surface area contributed by atoms with Crippen LogP contribution in [-0.4, -0.2) is 25.5 Å². The Morgan fingerprint density at radius 2 is 2.05 bits per heavy atom. The number of anilines is 1. The maximum absolute atomic E-state index is 12.3. The summed E-state index contributed by atoms with van der Waals surface area (Å²) in [6, 6.07) is 2.84. The number of halogens is 2. The first-order valence-corrected chi connectivity index (χ1v) is 7.90. The Morgan fingerprint density at radius 3 is 2.70 bits per heavy atom. The molecule has 9 heteroatoms. The van der Waals surface area contributed by atoms with Crippen molar-refractivity contribution < 1.29 is 13.2 Å². The minimum Gasteiger partial charge on any atom is -0.480 e. The van der Waals surface area contributed by atoms with Gasteiger partial charge in [-0.2, -0.15) is 0 Å². The molecule has 0 atom stereocenters. The van der Waals surface area contributed by atoms with Gasteiger partial charge in [-0.15, -0.1) is 0 Å². The fourth-order valence-electron chi connectivity index (χ4n) is 1.43. The predicted octanol–water partition coefficient (Wildman–Crippen LogP) is 2.70. The van der Waals surface area contributed by atoms with Crippen molar-refractivity contribution in [2.45, 2.75) is 4.90 Å². The SMILES string of the molecule is COc1ncc(Cl)cc1S(=O)(=O)Nc1cncc(Br)c1. The number of nitrogens with zero attached hydrogens (tertiary/aromatic N) is 2. The molecule has 0 spiro atoms. The fourth-order valence-corrected chi connectivity index (χ4v) is 3.20. The van der Waals surface area contributed by atoms with Gasteiger partial charge in [0.1, 0.15) is 0 Å². The lowest BCUT2D eigenvalue weighted by molar-refractivity contribution is 0.385. The van der Waals surface area contributed by atoms with E-state index in [1.165, 1.54) is 25.6 Å². The van der Waals surface area contributed by atoms with Gasteiger partial charge in [0.15, 0.2) is 4.90 Å². The largest absolute Gasteiger partial charge is 0.480 e. The maximum atomic E-state index is 12.3. The highest BCUT2D eigenvalue weighted by Gasteiger charge is 2.21. The first-order valence-electron chi connectivity index (χ1n) is 5.25. The van der Waals surface area contributed by atoms with Crippen LogP contribution in [0.2, 0.25) is 5.02 Å². The topological polar surface area (TPSA) is 81.2 Å². The number of sulfonamides is 1. The third-order valence-corrected chi connectivity index (χ3v) is 4.24. The highest BCUT2D eigenvalue weighted by atomic mass is 79.9. The second-order valence-corrected chi connectivity index (χ2v) is 6.66. The van der Waals surface area contributed by atoms with Gasteiger partial charge in [-0.3, -0.25) is 9.71 Å². The number of hydrogen-bond donors (Lipinski definition) is 1. The number of hydrogen-bond acceptors (Lipinski definition) is 5. The summed E-state index contributed by atoms with van der Waals surface area (Å²) in [6.45, 7) is 0. The zero-order chi connectivity index (χ0) is 14.8. The van der Waals surface area contributed by atoms with E-state index in [2.05, 4.69) is 30.6 Å². The van der Waals surface area contributed by atoms with Crippen LogP contribution in [0.4, 0.5) is 5.69 Å². The number of rotatable bonds is 4. The van der Waals surface area contributed by atoms with Gasteiger partial charge >= 0.3 is 0 Å². The van der Waals surface area contributed by atoms with E-state index in [1.54, 1.807) is 12.3 Å². The van der Waals surface area contributed by atoms with Crippen molar-refractivity contribution in [3.63, 3.8) is 0 Å². The van der Waals surface area contributed by atoms with Gasteiger partial charge in [0.25, 0.3) is 10.0 Å². The molecule has 0 aliphatic rings. The van der Waals surface area contributed by atoms with Crippen LogP contribution in [-0.2, 0) is 10.0 Å².